The van der Waals surface area contributed by atoms with Crippen molar-refractivity contribution in [1.82, 2.24) is 4.98 Å². The zero-order chi connectivity index (χ0) is 15.4. The average Bonchev–Trinajstić information content (AvgIpc) is 2.46. The van der Waals surface area contributed by atoms with Crippen molar-refractivity contribution in [2.24, 2.45) is 5.73 Å². The molecule has 1 atom stereocenters. The Balaban J connectivity index is 2.27. The molecule has 112 valence electrons. The van der Waals surface area contributed by atoms with Crippen LogP contribution >= 0.6 is 15.9 Å². The van der Waals surface area contributed by atoms with Crippen LogP contribution in [0.5, 0.6) is 11.5 Å². The lowest BCUT2D eigenvalue weighted by molar-refractivity contribution is 0.241. The smallest absolute Gasteiger partial charge is 0.138 e. The highest BCUT2D eigenvalue weighted by molar-refractivity contribution is 9.10. The molecular formula is C16H19BrN2O2. The molecule has 0 saturated heterocycles. The Kier molecular flexibility index (Phi) is 5.20. The minimum atomic E-state index is -0.268. The lowest BCUT2D eigenvalue weighted by atomic mass is 10.0. The van der Waals surface area contributed by atoms with Gasteiger partial charge in [0.25, 0.3) is 0 Å². The lowest BCUT2D eigenvalue weighted by Gasteiger charge is -2.16. The Bertz CT molecular complexity index is 617. The summed E-state index contributed by atoms with van der Waals surface area (Å²) in [6.45, 7) is 3.96. The molecule has 0 aliphatic rings. The molecule has 21 heavy (non-hydrogen) atoms. The van der Waals surface area contributed by atoms with Gasteiger partial charge in [0, 0.05) is 6.20 Å². The molecule has 2 rings (SSSR count). The highest BCUT2D eigenvalue weighted by Crippen LogP contribution is 2.30. The van der Waals surface area contributed by atoms with Crippen molar-refractivity contribution in [3.05, 3.63) is 52.3 Å². The van der Waals surface area contributed by atoms with Crippen LogP contribution in [0.15, 0.2) is 41.1 Å². The van der Waals surface area contributed by atoms with Crippen LogP contribution in [0.3, 0.4) is 0 Å². The number of ether oxygens (including phenoxy) is 2. The lowest BCUT2D eigenvalue weighted by Crippen LogP contribution is -2.13. The molecular weight excluding hydrogens is 332 g/mol. The van der Waals surface area contributed by atoms with Gasteiger partial charge in [-0.05, 0) is 59.1 Å². The second kappa shape index (κ2) is 6.91. The summed E-state index contributed by atoms with van der Waals surface area (Å²) < 4.78 is 11.8. The number of nitrogens with two attached hydrogens (primary N) is 1. The summed E-state index contributed by atoms with van der Waals surface area (Å²) in [4.78, 5) is 4.20. The molecule has 2 aromatic rings. The van der Waals surface area contributed by atoms with Gasteiger partial charge in [-0.25, -0.2) is 0 Å². The van der Waals surface area contributed by atoms with Crippen LogP contribution in [-0.4, -0.2) is 18.2 Å². The number of aromatic nitrogens is 1. The van der Waals surface area contributed by atoms with E-state index in [0.29, 0.717) is 0 Å². The molecule has 0 amide bonds. The van der Waals surface area contributed by atoms with Crippen LogP contribution in [0.1, 0.15) is 31.0 Å². The molecule has 5 heteroatoms. The van der Waals surface area contributed by atoms with E-state index >= 15 is 0 Å². The number of benzene rings is 1. The van der Waals surface area contributed by atoms with E-state index in [9.17, 15) is 0 Å². The van der Waals surface area contributed by atoms with Gasteiger partial charge in [-0.1, -0.05) is 6.07 Å². The van der Waals surface area contributed by atoms with Gasteiger partial charge < -0.3 is 15.2 Å². The Hall–Kier alpha value is -1.59. The van der Waals surface area contributed by atoms with E-state index in [0.717, 1.165) is 27.1 Å². The van der Waals surface area contributed by atoms with Crippen molar-refractivity contribution in [3.63, 3.8) is 0 Å². The average molecular weight is 351 g/mol. The van der Waals surface area contributed by atoms with Gasteiger partial charge in [-0.3, -0.25) is 4.98 Å². The van der Waals surface area contributed by atoms with E-state index in [-0.39, 0.29) is 12.1 Å². The van der Waals surface area contributed by atoms with Crippen LogP contribution in [0.4, 0.5) is 0 Å². The largest absolute Gasteiger partial charge is 0.496 e. The molecule has 1 heterocycles. The highest BCUT2D eigenvalue weighted by atomic mass is 79.9. The van der Waals surface area contributed by atoms with Gasteiger partial charge in [-0.15, -0.1) is 0 Å². The van der Waals surface area contributed by atoms with Crippen LogP contribution in [-0.2, 0) is 0 Å². The molecule has 2 N–H and O–H groups in total. The zero-order valence-corrected chi connectivity index (χ0v) is 13.9. The monoisotopic (exact) mass is 350 g/mol. The molecule has 0 radical (unpaired) electrons. The first-order valence-electron chi connectivity index (χ1n) is 6.72. The maximum absolute atomic E-state index is 6.32. The van der Waals surface area contributed by atoms with E-state index in [1.165, 1.54) is 0 Å². The third kappa shape index (κ3) is 3.95. The summed E-state index contributed by atoms with van der Waals surface area (Å²) in [6.07, 6.45) is 3.56. The molecule has 1 aromatic heterocycles. The van der Waals surface area contributed by atoms with Gasteiger partial charge in [0.05, 0.1) is 29.9 Å². The minimum Gasteiger partial charge on any atom is -0.496 e. The first kappa shape index (κ1) is 15.8. The van der Waals surface area contributed by atoms with E-state index in [4.69, 9.17) is 15.2 Å². The molecule has 0 saturated carbocycles. The predicted molar refractivity (Wildman–Crippen MR) is 86.7 cm³/mol. The standard InChI is InChI=1S/C16H19BrN2O2/c1-10(2)21-13-6-12(8-19-9-13)16(18)11-4-5-15(20-3)14(17)7-11/h4-10,16H,18H2,1-3H3. The van der Waals surface area contributed by atoms with Crippen LogP contribution in [0, 0.1) is 0 Å². The summed E-state index contributed by atoms with van der Waals surface area (Å²) in [5, 5.41) is 0. The Labute approximate surface area is 133 Å². The topological polar surface area (TPSA) is 57.4 Å². The third-order valence-electron chi connectivity index (χ3n) is 3.00. The highest BCUT2D eigenvalue weighted by Gasteiger charge is 2.13. The molecule has 4 nitrogen and oxygen atoms in total. The summed E-state index contributed by atoms with van der Waals surface area (Å²) in [5.41, 5.74) is 8.20. The number of rotatable bonds is 5. The number of methoxy groups -OCH3 is 1. The summed E-state index contributed by atoms with van der Waals surface area (Å²) >= 11 is 3.47. The van der Waals surface area contributed by atoms with Gasteiger partial charge in [-0.2, -0.15) is 0 Å². The predicted octanol–water partition coefficient (Wildman–Crippen LogP) is 3.69. The van der Waals surface area contributed by atoms with Crippen molar-refractivity contribution < 1.29 is 9.47 Å². The number of nitrogens with zero attached hydrogens (tertiary/aromatic N) is 1. The van der Waals surface area contributed by atoms with Crippen LogP contribution in [0.25, 0.3) is 0 Å². The van der Waals surface area contributed by atoms with Crippen LogP contribution < -0.4 is 15.2 Å². The SMILES string of the molecule is COc1ccc(C(N)c2cncc(OC(C)C)c2)cc1Br. The molecule has 0 aliphatic heterocycles. The first-order chi connectivity index (χ1) is 10.0. The Morgan fingerprint density at radius 2 is 1.90 bits per heavy atom. The van der Waals surface area contributed by atoms with Crippen molar-refractivity contribution in [3.8, 4) is 11.5 Å². The van der Waals surface area contributed by atoms with Crippen molar-refractivity contribution in [2.75, 3.05) is 7.11 Å². The van der Waals surface area contributed by atoms with Crippen molar-refractivity contribution in [2.45, 2.75) is 26.0 Å². The maximum Gasteiger partial charge on any atom is 0.138 e. The molecule has 1 aromatic carbocycles. The van der Waals surface area contributed by atoms with Gasteiger partial charge >= 0.3 is 0 Å². The van der Waals surface area contributed by atoms with Crippen LogP contribution in [0.2, 0.25) is 0 Å². The van der Waals surface area contributed by atoms with Gasteiger partial charge in [0.2, 0.25) is 0 Å². The molecule has 0 aliphatic carbocycles. The Morgan fingerprint density at radius 1 is 1.14 bits per heavy atom. The second-order valence-electron chi connectivity index (χ2n) is 4.99. The maximum atomic E-state index is 6.32. The third-order valence-corrected chi connectivity index (χ3v) is 3.62. The van der Waals surface area contributed by atoms with E-state index in [1.54, 1.807) is 19.5 Å². The fourth-order valence-electron chi connectivity index (χ4n) is 2.01. The van der Waals surface area contributed by atoms with Crippen molar-refractivity contribution in [1.29, 1.82) is 0 Å². The van der Waals surface area contributed by atoms with E-state index < -0.39 is 0 Å². The Morgan fingerprint density at radius 3 is 2.52 bits per heavy atom. The number of hydrogen-bond acceptors (Lipinski definition) is 4. The van der Waals surface area contributed by atoms with Crippen molar-refractivity contribution >= 4 is 15.9 Å². The normalized spacial score (nSPS) is 12.3. The molecule has 0 bridgehead atoms. The van der Waals surface area contributed by atoms with Gasteiger partial charge in [0.1, 0.15) is 11.5 Å². The van der Waals surface area contributed by atoms with E-state index in [2.05, 4.69) is 20.9 Å². The molecule has 1 unspecified atom stereocenters. The molecule has 0 fully saturated rings. The number of hydrogen-bond donors (Lipinski definition) is 1. The summed E-state index contributed by atoms with van der Waals surface area (Å²) in [5.74, 6) is 1.51. The fraction of sp³-hybridized carbons (Fsp3) is 0.312. The quantitative estimate of drug-likeness (QED) is 0.893. The fourth-order valence-corrected chi connectivity index (χ4v) is 2.57. The van der Waals surface area contributed by atoms with Gasteiger partial charge in [0.15, 0.2) is 0 Å². The minimum absolute atomic E-state index is 0.105. The second-order valence-corrected chi connectivity index (χ2v) is 5.85. The zero-order valence-electron chi connectivity index (χ0n) is 12.3. The summed E-state index contributed by atoms with van der Waals surface area (Å²) in [7, 11) is 1.64. The summed E-state index contributed by atoms with van der Waals surface area (Å²) in [6, 6.07) is 7.45. The first-order valence-corrected chi connectivity index (χ1v) is 7.51. The number of pyridine rings is 1. The number of halogens is 1. The molecule has 0 spiro atoms. The van der Waals surface area contributed by atoms with E-state index in [1.807, 2.05) is 38.1 Å².